The van der Waals surface area contributed by atoms with Gasteiger partial charge >= 0.3 is 0 Å². The summed E-state index contributed by atoms with van der Waals surface area (Å²) < 4.78 is 17.2. The first-order valence-electron chi connectivity index (χ1n) is 9.13. The highest BCUT2D eigenvalue weighted by molar-refractivity contribution is 5.99. The fourth-order valence-electron chi connectivity index (χ4n) is 3.13. The van der Waals surface area contributed by atoms with Gasteiger partial charge in [0.1, 0.15) is 0 Å². The Morgan fingerprint density at radius 1 is 1.00 bits per heavy atom. The predicted octanol–water partition coefficient (Wildman–Crippen LogP) is 4.43. The number of amides is 1. The molecule has 0 atom stereocenters. The molecule has 0 aliphatic carbocycles. The summed E-state index contributed by atoms with van der Waals surface area (Å²) in [6.45, 7) is 7.68. The van der Waals surface area contributed by atoms with E-state index in [9.17, 15) is 4.79 Å². The van der Waals surface area contributed by atoms with Crippen LogP contribution in [-0.2, 0) is 6.54 Å². The molecule has 0 unspecified atom stereocenters. The number of rotatable bonds is 6. The summed E-state index contributed by atoms with van der Waals surface area (Å²) in [5.74, 6) is 1.85. The normalized spacial score (nSPS) is 13.1. The van der Waals surface area contributed by atoms with Crippen LogP contribution in [0.15, 0.2) is 30.3 Å². The molecule has 2 aromatic rings. The molecule has 0 saturated carbocycles. The first-order chi connectivity index (χ1) is 12.8. The molecule has 3 rings (SSSR count). The van der Waals surface area contributed by atoms with E-state index in [0.717, 1.165) is 28.7 Å². The lowest BCUT2D eigenvalue weighted by molar-refractivity contribution is 0.0965. The first kappa shape index (κ1) is 19.1. The molecule has 1 heterocycles. The SMILES string of the molecule is COc1ccc(-c2ccc3c(c2)CNC3=O)c(OCCC(C)(C)C)c1OC. The van der Waals surface area contributed by atoms with Gasteiger partial charge in [0.2, 0.25) is 5.75 Å². The molecule has 144 valence electrons. The molecule has 1 aliphatic heterocycles. The number of fused-ring (bicyclic) bond motifs is 1. The van der Waals surface area contributed by atoms with Crippen molar-refractivity contribution in [3.8, 4) is 28.4 Å². The van der Waals surface area contributed by atoms with Crippen molar-refractivity contribution >= 4 is 5.91 Å². The summed E-state index contributed by atoms with van der Waals surface area (Å²) in [5.41, 5.74) is 3.80. The van der Waals surface area contributed by atoms with Crippen molar-refractivity contribution < 1.29 is 19.0 Å². The van der Waals surface area contributed by atoms with E-state index in [1.807, 2.05) is 30.3 Å². The van der Waals surface area contributed by atoms with Crippen LogP contribution in [0.1, 0.15) is 43.1 Å². The highest BCUT2D eigenvalue weighted by Gasteiger charge is 2.22. The zero-order valence-electron chi connectivity index (χ0n) is 16.6. The van der Waals surface area contributed by atoms with Gasteiger partial charge in [0.15, 0.2) is 11.5 Å². The van der Waals surface area contributed by atoms with E-state index in [1.54, 1.807) is 14.2 Å². The Morgan fingerprint density at radius 2 is 1.74 bits per heavy atom. The van der Waals surface area contributed by atoms with Crippen LogP contribution in [0, 0.1) is 5.41 Å². The van der Waals surface area contributed by atoms with Gasteiger partial charge in [-0.3, -0.25) is 4.79 Å². The second-order valence-corrected chi connectivity index (χ2v) is 7.89. The van der Waals surface area contributed by atoms with Gasteiger partial charge in [-0.25, -0.2) is 0 Å². The fourth-order valence-corrected chi connectivity index (χ4v) is 3.13. The second kappa shape index (κ2) is 7.51. The Morgan fingerprint density at radius 3 is 2.41 bits per heavy atom. The number of hydrogen-bond donors (Lipinski definition) is 1. The van der Waals surface area contributed by atoms with E-state index in [4.69, 9.17) is 14.2 Å². The molecule has 0 saturated heterocycles. The van der Waals surface area contributed by atoms with E-state index >= 15 is 0 Å². The lowest BCUT2D eigenvalue weighted by Gasteiger charge is -2.21. The lowest BCUT2D eigenvalue weighted by atomic mass is 9.93. The average Bonchev–Trinajstić information content (AvgIpc) is 3.00. The van der Waals surface area contributed by atoms with E-state index in [2.05, 4.69) is 26.1 Å². The molecular weight excluding hydrogens is 342 g/mol. The van der Waals surface area contributed by atoms with Crippen LogP contribution in [0.2, 0.25) is 0 Å². The maximum Gasteiger partial charge on any atom is 0.251 e. The summed E-state index contributed by atoms with van der Waals surface area (Å²) >= 11 is 0. The number of hydrogen-bond acceptors (Lipinski definition) is 4. The molecule has 27 heavy (non-hydrogen) atoms. The van der Waals surface area contributed by atoms with Crippen molar-refractivity contribution in [1.29, 1.82) is 0 Å². The average molecular weight is 369 g/mol. The molecule has 5 heteroatoms. The molecule has 0 spiro atoms. The quantitative estimate of drug-likeness (QED) is 0.818. The highest BCUT2D eigenvalue weighted by atomic mass is 16.5. The molecule has 0 bridgehead atoms. The molecule has 0 radical (unpaired) electrons. The fraction of sp³-hybridized carbons (Fsp3) is 0.409. The van der Waals surface area contributed by atoms with Crippen molar-refractivity contribution in [2.24, 2.45) is 5.41 Å². The Balaban J connectivity index is 2.02. The summed E-state index contributed by atoms with van der Waals surface area (Å²) in [6, 6.07) is 9.69. The van der Waals surface area contributed by atoms with Crippen molar-refractivity contribution in [2.75, 3.05) is 20.8 Å². The Bertz CT molecular complexity index is 852. The number of carbonyl (C=O) groups is 1. The third-order valence-corrected chi connectivity index (χ3v) is 4.70. The van der Waals surface area contributed by atoms with Crippen molar-refractivity contribution in [2.45, 2.75) is 33.7 Å². The van der Waals surface area contributed by atoms with E-state index in [1.165, 1.54) is 0 Å². The zero-order valence-corrected chi connectivity index (χ0v) is 16.6. The van der Waals surface area contributed by atoms with E-state index in [-0.39, 0.29) is 11.3 Å². The molecule has 0 aromatic heterocycles. The van der Waals surface area contributed by atoms with Gasteiger partial charge in [0.05, 0.1) is 20.8 Å². The third kappa shape index (κ3) is 4.02. The molecule has 1 amide bonds. The Hall–Kier alpha value is -2.69. The minimum absolute atomic E-state index is 0.0227. The van der Waals surface area contributed by atoms with E-state index in [0.29, 0.717) is 30.4 Å². The minimum Gasteiger partial charge on any atom is -0.493 e. The number of benzene rings is 2. The third-order valence-electron chi connectivity index (χ3n) is 4.70. The maximum atomic E-state index is 11.8. The summed E-state index contributed by atoms with van der Waals surface area (Å²) in [4.78, 5) is 11.8. The van der Waals surface area contributed by atoms with Gasteiger partial charge < -0.3 is 19.5 Å². The summed E-state index contributed by atoms with van der Waals surface area (Å²) in [6.07, 6.45) is 0.912. The minimum atomic E-state index is -0.0227. The molecule has 1 N–H and O–H groups in total. The standard InChI is InChI=1S/C22H27NO4/c1-22(2,3)10-11-27-19-16(8-9-18(25-4)20(19)26-5)14-6-7-17-15(12-14)13-23-21(17)24/h6-9,12H,10-11,13H2,1-5H3,(H,23,24). The van der Waals surface area contributed by atoms with Crippen LogP contribution in [0.5, 0.6) is 17.2 Å². The number of ether oxygens (including phenoxy) is 3. The Labute approximate surface area is 160 Å². The summed E-state index contributed by atoms with van der Waals surface area (Å²) in [7, 11) is 3.23. The van der Waals surface area contributed by atoms with E-state index < -0.39 is 0 Å². The smallest absolute Gasteiger partial charge is 0.251 e. The highest BCUT2D eigenvalue weighted by Crippen LogP contribution is 2.45. The van der Waals surface area contributed by atoms with Crippen molar-refractivity contribution in [3.05, 3.63) is 41.5 Å². The van der Waals surface area contributed by atoms with Crippen LogP contribution >= 0.6 is 0 Å². The van der Waals surface area contributed by atoms with Gasteiger partial charge in [0, 0.05) is 17.7 Å². The molecule has 0 fully saturated rings. The molecule has 1 aliphatic rings. The monoisotopic (exact) mass is 369 g/mol. The zero-order chi connectivity index (χ0) is 19.6. The lowest BCUT2D eigenvalue weighted by Crippen LogP contribution is -2.12. The van der Waals surface area contributed by atoms with Gasteiger partial charge in [0.25, 0.3) is 5.91 Å². The van der Waals surface area contributed by atoms with Gasteiger partial charge in [-0.2, -0.15) is 0 Å². The van der Waals surface area contributed by atoms with Gasteiger partial charge in [-0.05, 0) is 47.2 Å². The second-order valence-electron chi connectivity index (χ2n) is 7.89. The van der Waals surface area contributed by atoms with Crippen LogP contribution in [-0.4, -0.2) is 26.7 Å². The van der Waals surface area contributed by atoms with Crippen LogP contribution in [0.3, 0.4) is 0 Å². The summed E-state index contributed by atoms with van der Waals surface area (Å²) in [5, 5.41) is 2.86. The van der Waals surface area contributed by atoms with Crippen LogP contribution in [0.25, 0.3) is 11.1 Å². The first-order valence-corrected chi connectivity index (χ1v) is 9.13. The largest absolute Gasteiger partial charge is 0.493 e. The topological polar surface area (TPSA) is 56.8 Å². The number of carbonyl (C=O) groups excluding carboxylic acids is 1. The van der Waals surface area contributed by atoms with Crippen LogP contribution in [0.4, 0.5) is 0 Å². The molecular formula is C22H27NO4. The Kier molecular flexibility index (Phi) is 5.31. The van der Waals surface area contributed by atoms with Crippen molar-refractivity contribution in [3.63, 3.8) is 0 Å². The van der Waals surface area contributed by atoms with Gasteiger partial charge in [-0.15, -0.1) is 0 Å². The maximum absolute atomic E-state index is 11.8. The van der Waals surface area contributed by atoms with Gasteiger partial charge in [-0.1, -0.05) is 26.8 Å². The number of nitrogens with one attached hydrogen (secondary N) is 1. The number of methoxy groups -OCH3 is 2. The predicted molar refractivity (Wildman–Crippen MR) is 106 cm³/mol. The molecule has 2 aromatic carbocycles. The van der Waals surface area contributed by atoms with Crippen molar-refractivity contribution in [1.82, 2.24) is 5.32 Å². The van der Waals surface area contributed by atoms with Crippen LogP contribution < -0.4 is 19.5 Å². The molecule has 5 nitrogen and oxygen atoms in total.